The van der Waals surface area contributed by atoms with Gasteiger partial charge in [0.05, 0.1) is 0 Å². The SMILES string of the molecule is CCC(=O)N(Cc1ccccc1)[C@H](C(=O)NCC(C)C)c1ccccc1. The van der Waals surface area contributed by atoms with Gasteiger partial charge in [0.2, 0.25) is 11.8 Å². The molecule has 0 fully saturated rings. The predicted octanol–water partition coefficient (Wildman–Crippen LogP) is 3.94. The molecule has 1 N–H and O–H groups in total. The Labute approximate surface area is 156 Å². The summed E-state index contributed by atoms with van der Waals surface area (Å²) in [5.41, 5.74) is 1.83. The highest BCUT2D eigenvalue weighted by Crippen LogP contribution is 2.24. The van der Waals surface area contributed by atoms with E-state index in [1.54, 1.807) is 4.90 Å². The van der Waals surface area contributed by atoms with Gasteiger partial charge >= 0.3 is 0 Å². The molecular weight excluding hydrogens is 324 g/mol. The third-order valence-corrected chi connectivity index (χ3v) is 4.18. The summed E-state index contributed by atoms with van der Waals surface area (Å²) in [6, 6.07) is 18.7. The number of hydrogen-bond acceptors (Lipinski definition) is 2. The lowest BCUT2D eigenvalue weighted by molar-refractivity contribution is -0.141. The van der Waals surface area contributed by atoms with Crippen LogP contribution in [0.4, 0.5) is 0 Å². The zero-order chi connectivity index (χ0) is 18.9. The van der Waals surface area contributed by atoms with Crippen LogP contribution in [0, 0.1) is 5.92 Å². The molecule has 0 radical (unpaired) electrons. The maximum atomic E-state index is 13.0. The summed E-state index contributed by atoms with van der Waals surface area (Å²) in [6.07, 6.45) is 0.355. The second kappa shape index (κ2) is 9.76. The first kappa shape index (κ1) is 19.7. The van der Waals surface area contributed by atoms with Gasteiger partial charge < -0.3 is 10.2 Å². The van der Waals surface area contributed by atoms with Gasteiger partial charge in [0.15, 0.2) is 0 Å². The summed E-state index contributed by atoms with van der Waals surface area (Å²) < 4.78 is 0. The Morgan fingerprint density at radius 1 is 0.962 bits per heavy atom. The summed E-state index contributed by atoms with van der Waals surface area (Å²) in [4.78, 5) is 27.4. The molecule has 4 heteroatoms. The summed E-state index contributed by atoms with van der Waals surface area (Å²) in [7, 11) is 0. The average molecular weight is 352 g/mol. The largest absolute Gasteiger partial charge is 0.354 e. The van der Waals surface area contributed by atoms with Crippen LogP contribution in [-0.2, 0) is 16.1 Å². The van der Waals surface area contributed by atoms with Crippen LogP contribution < -0.4 is 5.32 Å². The van der Waals surface area contributed by atoms with E-state index in [9.17, 15) is 9.59 Å². The van der Waals surface area contributed by atoms with E-state index in [2.05, 4.69) is 19.2 Å². The van der Waals surface area contributed by atoms with Crippen molar-refractivity contribution >= 4 is 11.8 Å². The van der Waals surface area contributed by atoms with Gasteiger partial charge in [-0.2, -0.15) is 0 Å². The van der Waals surface area contributed by atoms with Crippen LogP contribution in [0.25, 0.3) is 0 Å². The fraction of sp³-hybridized carbons (Fsp3) is 0.364. The third-order valence-electron chi connectivity index (χ3n) is 4.18. The van der Waals surface area contributed by atoms with Crippen LogP contribution >= 0.6 is 0 Å². The first-order valence-electron chi connectivity index (χ1n) is 9.19. The van der Waals surface area contributed by atoms with Crippen LogP contribution in [0.2, 0.25) is 0 Å². The maximum absolute atomic E-state index is 13.0. The molecule has 26 heavy (non-hydrogen) atoms. The number of benzene rings is 2. The summed E-state index contributed by atoms with van der Waals surface area (Å²) in [5.74, 6) is 0.171. The third kappa shape index (κ3) is 5.45. The summed E-state index contributed by atoms with van der Waals surface area (Å²) in [6.45, 7) is 6.92. The quantitative estimate of drug-likeness (QED) is 0.782. The summed E-state index contributed by atoms with van der Waals surface area (Å²) in [5, 5.41) is 2.99. The second-order valence-electron chi connectivity index (χ2n) is 6.81. The Kier molecular flexibility index (Phi) is 7.39. The van der Waals surface area contributed by atoms with Crippen molar-refractivity contribution in [3.05, 3.63) is 71.8 Å². The second-order valence-corrected chi connectivity index (χ2v) is 6.81. The van der Waals surface area contributed by atoms with Crippen molar-refractivity contribution in [1.82, 2.24) is 10.2 Å². The van der Waals surface area contributed by atoms with E-state index in [4.69, 9.17) is 0 Å². The molecule has 0 bridgehead atoms. The van der Waals surface area contributed by atoms with Crippen LogP contribution in [0.1, 0.15) is 44.4 Å². The first-order chi connectivity index (χ1) is 12.5. The number of carbonyl (C=O) groups is 2. The average Bonchev–Trinajstić information content (AvgIpc) is 2.67. The van der Waals surface area contributed by atoms with Crippen molar-refractivity contribution in [3.8, 4) is 0 Å². The minimum absolute atomic E-state index is 0.0394. The topological polar surface area (TPSA) is 49.4 Å². The standard InChI is InChI=1S/C22H28N2O2/c1-4-20(25)24(16-18-11-7-5-8-12-18)21(19-13-9-6-10-14-19)22(26)23-15-17(2)3/h5-14,17,21H,4,15-16H2,1-3H3,(H,23,26)/t21-/m0/s1. The molecule has 2 aromatic carbocycles. The van der Waals surface area contributed by atoms with Crippen LogP contribution in [0.5, 0.6) is 0 Å². The molecule has 2 rings (SSSR count). The van der Waals surface area contributed by atoms with Crippen LogP contribution in [0.3, 0.4) is 0 Å². The van der Waals surface area contributed by atoms with Gasteiger partial charge in [-0.3, -0.25) is 9.59 Å². The highest BCUT2D eigenvalue weighted by molar-refractivity contribution is 5.88. The molecule has 138 valence electrons. The number of hydrogen-bond donors (Lipinski definition) is 1. The fourth-order valence-corrected chi connectivity index (χ4v) is 2.82. The number of nitrogens with zero attached hydrogens (tertiary/aromatic N) is 1. The van der Waals surface area contributed by atoms with Gasteiger partial charge in [0, 0.05) is 19.5 Å². The molecule has 0 aromatic heterocycles. The van der Waals surface area contributed by atoms with Crippen LogP contribution in [0.15, 0.2) is 60.7 Å². The molecule has 1 atom stereocenters. The molecule has 0 saturated carbocycles. The Hall–Kier alpha value is -2.62. The number of nitrogens with one attached hydrogen (secondary N) is 1. The Morgan fingerprint density at radius 2 is 1.54 bits per heavy atom. The molecule has 0 unspecified atom stereocenters. The smallest absolute Gasteiger partial charge is 0.247 e. The van der Waals surface area contributed by atoms with Crippen LogP contribution in [-0.4, -0.2) is 23.3 Å². The number of amides is 2. The maximum Gasteiger partial charge on any atom is 0.247 e. The molecule has 0 aliphatic carbocycles. The fourth-order valence-electron chi connectivity index (χ4n) is 2.82. The minimum atomic E-state index is -0.636. The van der Waals surface area contributed by atoms with E-state index < -0.39 is 6.04 Å². The Morgan fingerprint density at radius 3 is 2.08 bits per heavy atom. The molecular formula is C22H28N2O2. The van der Waals surface area contributed by atoms with Gasteiger partial charge in [0.25, 0.3) is 0 Å². The molecule has 0 aliphatic heterocycles. The zero-order valence-corrected chi connectivity index (χ0v) is 15.8. The molecule has 0 saturated heterocycles. The van der Waals surface area contributed by atoms with E-state index in [1.165, 1.54) is 0 Å². The van der Waals surface area contributed by atoms with E-state index in [-0.39, 0.29) is 11.8 Å². The molecule has 0 spiro atoms. The Bertz CT molecular complexity index is 699. The number of carbonyl (C=O) groups excluding carboxylic acids is 2. The van der Waals surface area contributed by atoms with Gasteiger partial charge in [-0.15, -0.1) is 0 Å². The minimum Gasteiger partial charge on any atom is -0.354 e. The lowest BCUT2D eigenvalue weighted by Crippen LogP contribution is -2.44. The Balaban J connectivity index is 2.37. The van der Waals surface area contributed by atoms with Gasteiger partial charge in [-0.1, -0.05) is 81.4 Å². The van der Waals surface area contributed by atoms with Crippen molar-refractivity contribution < 1.29 is 9.59 Å². The van der Waals surface area contributed by atoms with Crippen molar-refractivity contribution in [3.63, 3.8) is 0 Å². The molecule has 2 aromatic rings. The lowest BCUT2D eigenvalue weighted by atomic mass is 10.0. The van der Waals surface area contributed by atoms with E-state index in [0.29, 0.717) is 25.4 Å². The highest BCUT2D eigenvalue weighted by atomic mass is 16.2. The normalized spacial score (nSPS) is 11.8. The molecule has 0 aliphatic rings. The van der Waals surface area contributed by atoms with Crippen molar-refractivity contribution in [2.45, 2.75) is 39.8 Å². The zero-order valence-electron chi connectivity index (χ0n) is 15.8. The molecule has 2 amide bonds. The number of rotatable bonds is 8. The van der Waals surface area contributed by atoms with E-state index in [1.807, 2.05) is 67.6 Å². The monoisotopic (exact) mass is 352 g/mol. The van der Waals surface area contributed by atoms with Crippen molar-refractivity contribution in [2.75, 3.05) is 6.54 Å². The van der Waals surface area contributed by atoms with Crippen molar-refractivity contribution in [2.24, 2.45) is 5.92 Å². The van der Waals surface area contributed by atoms with Gasteiger partial charge in [-0.25, -0.2) is 0 Å². The van der Waals surface area contributed by atoms with E-state index >= 15 is 0 Å². The highest BCUT2D eigenvalue weighted by Gasteiger charge is 2.30. The molecule has 4 nitrogen and oxygen atoms in total. The lowest BCUT2D eigenvalue weighted by Gasteiger charge is -2.31. The predicted molar refractivity (Wildman–Crippen MR) is 104 cm³/mol. The van der Waals surface area contributed by atoms with Crippen molar-refractivity contribution in [1.29, 1.82) is 0 Å². The first-order valence-corrected chi connectivity index (χ1v) is 9.19. The van der Waals surface area contributed by atoms with Gasteiger partial charge in [-0.05, 0) is 17.0 Å². The summed E-state index contributed by atoms with van der Waals surface area (Å²) >= 11 is 0. The molecule has 0 heterocycles. The van der Waals surface area contributed by atoms with E-state index in [0.717, 1.165) is 11.1 Å². The van der Waals surface area contributed by atoms with Gasteiger partial charge in [0.1, 0.15) is 6.04 Å².